The van der Waals surface area contributed by atoms with Crippen LogP contribution in [0.4, 0.5) is 8.78 Å². The van der Waals surface area contributed by atoms with Gasteiger partial charge in [-0.1, -0.05) is 97.1 Å². The largest absolute Gasteiger partial charge is 0.344 e. The number of rotatable bonds is 20. The van der Waals surface area contributed by atoms with E-state index in [4.69, 9.17) is 23.1 Å². The van der Waals surface area contributed by atoms with Gasteiger partial charge in [0, 0.05) is 61.0 Å². The summed E-state index contributed by atoms with van der Waals surface area (Å²) in [6, 6.07) is 26.1. The molecule has 3 atom stereocenters. The van der Waals surface area contributed by atoms with E-state index in [2.05, 4.69) is 20.9 Å². The summed E-state index contributed by atoms with van der Waals surface area (Å²) in [5, 5.41) is 8.25. The number of halogens is 3. The highest BCUT2D eigenvalue weighted by Crippen LogP contribution is 2.25. The van der Waals surface area contributed by atoms with E-state index in [9.17, 15) is 37.5 Å². The van der Waals surface area contributed by atoms with E-state index in [1.807, 2.05) is 0 Å². The molecule has 334 valence electrons. The summed E-state index contributed by atoms with van der Waals surface area (Å²) in [4.78, 5) is 86.0. The zero-order valence-electron chi connectivity index (χ0n) is 35.0. The molecule has 1 aliphatic heterocycles. The monoisotopic (exact) mass is 894 g/mol. The molecule has 1 fully saturated rings. The summed E-state index contributed by atoms with van der Waals surface area (Å²) < 4.78 is 29.4. The topological polar surface area (TPSA) is 208 Å². The van der Waals surface area contributed by atoms with E-state index >= 15 is 0 Å². The molecule has 0 radical (unpaired) electrons. The number of amides is 4. The van der Waals surface area contributed by atoms with Crippen LogP contribution >= 0.6 is 11.6 Å². The lowest BCUT2D eigenvalue weighted by Gasteiger charge is -2.30. The molecule has 0 saturated carbocycles. The van der Waals surface area contributed by atoms with E-state index < -0.39 is 65.0 Å². The molecule has 64 heavy (non-hydrogen) atoms. The molecule has 4 aromatic carbocycles. The molecule has 1 aliphatic rings. The van der Waals surface area contributed by atoms with Crippen molar-refractivity contribution in [2.45, 2.75) is 56.7 Å². The van der Waals surface area contributed by atoms with Crippen molar-refractivity contribution < 1.29 is 42.5 Å². The van der Waals surface area contributed by atoms with E-state index in [-0.39, 0.29) is 79.3 Å². The Balaban J connectivity index is 1.33. The number of hydrogen-bond acceptors (Lipinski definition) is 6. The fourth-order valence-electron chi connectivity index (χ4n) is 7.03. The van der Waals surface area contributed by atoms with Crippen LogP contribution in [0.2, 0.25) is 0 Å². The van der Waals surface area contributed by atoms with E-state index in [0.29, 0.717) is 24.1 Å². The maximum Gasteiger partial charge on any atom is 0.338 e. The number of benzene rings is 4. The number of alkyl halides is 1. The number of ketones is 2. The highest BCUT2D eigenvalue weighted by molar-refractivity contribution is 6.28. The van der Waals surface area contributed by atoms with Crippen molar-refractivity contribution in [1.82, 2.24) is 20.9 Å². The molecule has 16 heteroatoms. The first kappa shape index (κ1) is 48.0. The fourth-order valence-corrected chi connectivity index (χ4v) is 7.22. The first-order valence-corrected chi connectivity index (χ1v) is 21.3. The summed E-state index contributed by atoms with van der Waals surface area (Å²) >= 11 is 5.89. The minimum atomic E-state index is -1.21. The number of nitrogens with two attached hydrogens (primary N) is 2. The second kappa shape index (κ2) is 24.0. The summed E-state index contributed by atoms with van der Waals surface area (Å²) in [5.41, 5.74) is 12.8. The van der Waals surface area contributed by atoms with Gasteiger partial charge in [-0.3, -0.25) is 45.2 Å². The van der Waals surface area contributed by atoms with Gasteiger partial charge in [-0.05, 0) is 48.3 Å². The highest BCUT2D eigenvalue weighted by atomic mass is 35.5. The van der Waals surface area contributed by atoms with Gasteiger partial charge in [0.05, 0.1) is 18.5 Å². The molecule has 0 unspecified atom stereocenters. The quantitative estimate of drug-likeness (QED) is 0.0255. The molecule has 0 aliphatic carbocycles. The van der Waals surface area contributed by atoms with Gasteiger partial charge in [-0.25, -0.2) is 8.78 Å². The van der Waals surface area contributed by atoms with Crippen molar-refractivity contribution in [2.24, 2.45) is 11.5 Å². The molecule has 1 heterocycles. The Morgan fingerprint density at radius 3 is 1.62 bits per heavy atom. The van der Waals surface area contributed by atoms with Crippen molar-refractivity contribution in [3.8, 4) is 0 Å². The number of hydrogen-bond donors (Lipinski definition) is 6. The molecular formula is C48H51ClF2N7O6+. The van der Waals surface area contributed by atoms with Gasteiger partial charge < -0.3 is 20.9 Å². The average molecular weight is 895 g/mol. The number of carbonyl (C=O) groups excluding carboxylic acids is 6. The molecule has 0 bridgehead atoms. The lowest BCUT2D eigenvalue weighted by molar-refractivity contribution is -0.459. The first-order chi connectivity index (χ1) is 30.8. The Morgan fingerprint density at radius 2 is 1.14 bits per heavy atom. The second-order valence-corrected chi connectivity index (χ2v) is 15.5. The van der Waals surface area contributed by atoms with Gasteiger partial charge in [0.1, 0.15) is 23.7 Å². The first-order valence-electron chi connectivity index (χ1n) is 20.7. The van der Waals surface area contributed by atoms with Crippen LogP contribution in [-0.4, -0.2) is 89.7 Å². The van der Waals surface area contributed by atoms with Crippen LogP contribution in [0.3, 0.4) is 0 Å². The van der Waals surface area contributed by atoms with Crippen LogP contribution in [0.5, 0.6) is 0 Å². The number of nitrogens with one attached hydrogen (secondary N) is 4. The normalized spacial score (nSPS) is 15.2. The molecule has 8 N–H and O–H groups in total. The Bertz CT molecular complexity index is 2320. The maximum absolute atomic E-state index is 14.7. The third kappa shape index (κ3) is 14.5. The standard InChI is InChI=1S/C48H50ClF2N7O6/c49-28-42(59)39(20-11-23-54-48(52)53)56-47(64)41(25-32-14-5-2-6-15-32)57-46(63)40(24-31-12-3-1-4-13-31)55-43(60)21-22-44(61)58-29-35(26-33-16-7-9-18-37(33)50)45(62)36(30-58)27-34-17-8-10-19-38(34)51/h1-10,12-19,26-27,39-41H,11,20-25,28-30H2,(H,55,60)(H,56,64)(H,57,63)(H4,52,53,54)/p+1/b35-26+,36-27+/t39-,40+,41-/m0/s1. The van der Waals surface area contributed by atoms with Gasteiger partial charge in [-0.15, -0.1) is 11.6 Å². The smallest absolute Gasteiger partial charge is 0.338 e. The molecule has 4 amide bonds. The zero-order chi connectivity index (χ0) is 46.0. The van der Waals surface area contributed by atoms with Crippen LogP contribution in [0.1, 0.15) is 47.9 Å². The molecule has 0 spiro atoms. The Hall–Kier alpha value is -7.00. The van der Waals surface area contributed by atoms with Crippen LogP contribution < -0.4 is 32.4 Å². The van der Waals surface area contributed by atoms with Gasteiger partial charge in [0.15, 0.2) is 11.6 Å². The maximum atomic E-state index is 14.7. The Labute approximate surface area is 375 Å². The van der Waals surface area contributed by atoms with E-state index in [1.54, 1.807) is 72.8 Å². The predicted molar refractivity (Wildman–Crippen MR) is 240 cm³/mol. The summed E-state index contributed by atoms with van der Waals surface area (Å²) in [6.45, 7) is -0.0532. The summed E-state index contributed by atoms with van der Waals surface area (Å²) in [6.07, 6.45) is 2.68. The number of Topliss-reactive ketones (excluding diaryl/α,β-unsaturated/α-hetero) is 2. The molecule has 4 aromatic rings. The molecule has 1 saturated heterocycles. The van der Waals surface area contributed by atoms with Crippen LogP contribution in [-0.2, 0) is 41.6 Å². The molecule has 0 aromatic heterocycles. The lowest BCUT2D eigenvalue weighted by Crippen LogP contribution is -2.78. The van der Waals surface area contributed by atoms with Crippen LogP contribution in [0.25, 0.3) is 12.2 Å². The number of likely N-dealkylation sites (tertiary alicyclic amines) is 1. The Morgan fingerprint density at radius 1 is 0.672 bits per heavy atom. The average Bonchev–Trinajstić information content (AvgIpc) is 3.29. The molecule has 13 nitrogen and oxygen atoms in total. The van der Waals surface area contributed by atoms with Gasteiger partial charge in [0.2, 0.25) is 23.6 Å². The molecule has 5 rings (SSSR count). The van der Waals surface area contributed by atoms with Gasteiger partial charge >= 0.3 is 5.96 Å². The number of guanidine groups is 1. The third-order valence-electron chi connectivity index (χ3n) is 10.4. The van der Waals surface area contributed by atoms with Crippen molar-refractivity contribution >= 4 is 64.9 Å². The van der Waals surface area contributed by atoms with Crippen molar-refractivity contribution in [2.75, 3.05) is 25.5 Å². The fraction of sp³-hybridized carbons (Fsp3) is 0.271. The summed E-state index contributed by atoms with van der Waals surface area (Å²) in [5.74, 6) is -4.94. The van der Waals surface area contributed by atoms with Crippen molar-refractivity contribution in [3.63, 3.8) is 0 Å². The number of nitrogens with zero attached hydrogens (tertiary/aromatic N) is 1. The van der Waals surface area contributed by atoms with Gasteiger partial charge in [-0.2, -0.15) is 0 Å². The predicted octanol–water partition coefficient (Wildman–Crippen LogP) is 2.51. The Kier molecular flexibility index (Phi) is 18.0. The number of carbonyl (C=O) groups is 6. The van der Waals surface area contributed by atoms with Crippen LogP contribution in [0.15, 0.2) is 120 Å². The van der Waals surface area contributed by atoms with Crippen LogP contribution in [0, 0.1) is 11.6 Å². The number of piperidine rings is 1. The summed E-state index contributed by atoms with van der Waals surface area (Å²) in [7, 11) is 0. The van der Waals surface area contributed by atoms with Crippen molar-refractivity contribution in [3.05, 3.63) is 154 Å². The lowest BCUT2D eigenvalue weighted by atomic mass is 9.93. The van der Waals surface area contributed by atoms with E-state index in [1.165, 1.54) is 53.5 Å². The minimum absolute atomic E-state index is 0.00651. The minimum Gasteiger partial charge on any atom is -0.344 e. The second-order valence-electron chi connectivity index (χ2n) is 15.2. The third-order valence-corrected chi connectivity index (χ3v) is 10.6. The highest BCUT2D eigenvalue weighted by Gasteiger charge is 2.32. The molecular weight excluding hydrogens is 844 g/mol. The van der Waals surface area contributed by atoms with Crippen molar-refractivity contribution in [1.29, 1.82) is 0 Å². The van der Waals surface area contributed by atoms with Gasteiger partial charge in [0.25, 0.3) is 0 Å². The van der Waals surface area contributed by atoms with E-state index in [0.717, 1.165) is 0 Å². The zero-order valence-corrected chi connectivity index (χ0v) is 35.8. The SMILES string of the molecule is NC(N)=[NH+]CCC[C@H](NC(=O)[C@H](Cc1ccccc1)NC(=O)[C@@H](Cc1ccccc1)NC(=O)CCC(=O)N1C/C(=C\c2ccccc2F)C(=O)/C(=C/c2ccccc2F)C1)C(=O)CCl.